The normalized spacial score (nSPS) is 11.8. The lowest BCUT2D eigenvalue weighted by Gasteiger charge is -2.12. The van der Waals surface area contributed by atoms with Crippen LogP contribution in [0.15, 0.2) is 70.6 Å². The first-order valence-corrected chi connectivity index (χ1v) is 11.6. The second-order valence-corrected chi connectivity index (χ2v) is 9.09. The Kier molecular flexibility index (Phi) is 8.66. The molecule has 5 nitrogen and oxygen atoms in total. The number of rotatable bonds is 6. The molecule has 0 aliphatic rings. The Morgan fingerprint density at radius 2 is 1.63 bits per heavy atom. The minimum absolute atomic E-state index is 0. The maximum atomic E-state index is 11.8. The van der Waals surface area contributed by atoms with E-state index in [1.165, 1.54) is 22.6 Å². The van der Waals surface area contributed by atoms with E-state index >= 15 is 0 Å². The Morgan fingerprint density at radius 3 is 2.30 bits per heavy atom. The zero-order valence-electron chi connectivity index (χ0n) is 17.5. The number of hydrogen-bond donors (Lipinski definition) is 2. The van der Waals surface area contributed by atoms with Gasteiger partial charge in [-0.15, -0.1) is 24.0 Å². The Hall–Kier alpha value is -2.13. The highest BCUT2D eigenvalue weighted by Crippen LogP contribution is 2.17. The maximum absolute atomic E-state index is 11.8. The van der Waals surface area contributed by atoms with Crippen LogP contribution in [0.25, 0.3) is 10.8 Å². The van der Waals surface area contributed by atoms with Crippen molar-refractivity contribution < 1.29 is 8.42 Å². The number of aryl methyl sites for hydroxylation is 1. The van der Waals surface area contributed by atoms with E-state index in [-0.39, 0.29) is 24.0 Å². The van der Waals surface area contributed by atoms with Gasteiger partial charge in [0.05, 0.1) is 11.4 Å². The molecular formula is C23H28IN3O2S. The van der Waals surface area contributed by atoms with Crippen LogP contribution in [-0.2, 0) is 22.9 Å². The number of fused-ring (bicyclic) bond motifs is 1. The lowest BCUT2D eigenvalue weighted by molar-refractivity contribution is 0.601. The fourth-order valence-electron chi connectivity index (χ4n) is 3.27. The van der Waals surface area contributed by atoms with Crippen LogP contribution in [0.5, 0.6) is 0 Å². The van der Waals surface area contributed by atoms with Gasteiger partial charge in [0.15, 0.2) is 15.8 Å². The van der Waals surface area contributed by atoms with E-state index in [9.17, 15) is 8.42 Å². The lowest BCUT2D eigenvalue weighted by atomic mass is 10.1. The van der Waals surface area contributed by atoms with Crippen molar-refractivity contribution in [2.45, 2.75) is 31.8 Å². The van der Waals surface area contributed by atoms with Crippen molar-refractivity contribution in [1.29, 1.82) is 0 Å². The fourth-order valence-corrected chi connectivity index (χ4v) is 4.23. The SMILES string of the molecule is CCNC(=NCc1ccc(S(C)(=O)=O)c(C)c1)NCc1ccc2ccccc2c1.I. The van der Waals surface area contributed by atoms with Crippen molar-refractivity contribution in [1.82, 2.24) is 10.6 Å². The Labute approximate surface area is 195 Å². The molecule has 0 fully saturated rings. The Bertz CT molecular complexity index is 1140. The van der Waals surface area contributed by atoms with E-state index in [0.29, 0.717) is 18.0 Å². The van der Waals surface area contributed by atoms with E-state index in [2.05, 4.69) is 46.0 Å². The lowest BCUT2D eigenvalue weighted by Crippen LogP contribution is -2.36. The monoisotopic (exact) mass is 537 g/mol. The van der Waals surface area contributed by atoms with Gasteiger partial charge in [0.1, 0.15) is 0 Å². The largest absolute Gasteiger partial charge is 0.357 e. The predicted octanol–water partition coefficient (Wildman–Crippen LogP) is 4.43. The zero-order valence-corrected chi connectivity index (χ0v) is 20.6. The second-order valence-electron chi connectivity index (χ2n) is 7.10. The molecule has 0 saturated carbocycles. The molecule has 0 unspecified atom stereocenters. The second kappa shape index (κ2) is 10.8. The third-order valence-electron chi connectivity index (χ3n) is 4.68. The molecule has 0 aromatic heterocycles. The van der Waals surface area contributed by atoms with Crippen molar-refractivity contribution in [2.75, 3.05) is 12.8 Å². The highest BCUT2D eigenvalue weighted by atomic mass is 127. The van der Waals surface area contributed by atoms with Gasteiger partial charge in [-0.05, 0) is 53.4 Å². The van der Waals surface area contributed by atoms with Gasteiger partial charge in [0, 0.05) is 19.3 Å². The van der Waals surface area contributed by atoms with Crippen LogP contribution >= 0.6 is 24.0 Å². The van der Waals surface area contributed by atoms with Crippen LogP contribution < -0.4 is 10.6 Å². The first-order chi connectivity index (χ1) is 13.9. The third-order valence-corrected chi connectivity index (χ3v) is 5.93. The summed E-state index contributed by atoms with van der Waals surface area (Å²) < 4.78 is 23.5. The zero-order chi connectivity index (χ0) is 20.9. The van der Waals surface area contributed by atoms with Crippen LogP contribution in [-0.4, -0.2) is 27.2 Å². The number of sulfone groups is 1. The van der Waals surface area contributed by atoms with Crippen LogP contribution in [0.3, 0.4) is 0 Å². The van der Waals surface area contributed by atoms with Gasteiger partial charge in [0.2, 0.25) is 0 Å². The maximum Gasteiger partial charge on any atom is 0.191 e. The molecule has 0 aliphatic carbocycles. The topological polar surface area (TPSA) is 70.6 Å². The number of nitrogens with zero attached hydrogens (tertiary/aromatic N) is 1. The minimum atomic E-state index is -3.21. The number of aliphatic imine (C=N–C) groups is 1. The molecular weight excluding hydrogens is 509 g/mol. The van der Waals surface area contributed by atoms with E-state index in [1.807, 2.05) is 38.1 Å². The Morgan fingerprint density at radius 1 is 0.933 bits per heavy atom. The first kappa shape index (κ1) is 24.1. The van der Waals surface area contributed by atoms with Crippen LogP contribution in [0, 0.1) is 6.92 Å². The van der Waals surface area contributed by atoms with Gasteiger partial charge in [-0.2, -0.15) is 0 Å². The molecule has 2 N–H and O–H groups in total. The van der Waals surface area contributed by atoms with Crippen molar-refractivity contribution in [3.05, 3.63) is 77.4 Å². The first-order valence-electron chi connectivity index (χ1n) is 9.66. The van der Waals surface area contributed by atoms with E-state index in [4.69, 9.17) is 0 Å². The van der Waals surface area contributed by atoms with E-state index in [0.717, 1.165) is 23.6 Å². The smallest absolute Gasteiger partial charge is 0.191 e. The molecule has 160 valence electrons. The molecule has 3 aromatic rings. The van der Waals surface area contributed by atoms with E-state index < -0.39 is 9.84 Å². The summed E-state index contributed by atoms with van der Waals surface area (Å²) in [5.74, 6) is 0.727. The molecule has 3 aromatic carbocycles. The molecule has 3 rings (SSSR count). The van der Waals surface area contributed by atoms with Gasteiger partial charge < -0.3 is 10.6 Å². The van der Waals surface area contributed by atoms with Crippen LogP contribution in [0.4, 0.5) is 0 Å². The quantitative estimate of drug-likeness (QED) is 0.278. The summed E-state index contributed by atoms with van der Waals surface area (Å²) in [6.45, 7) is 5.74. The van der Waals surface area contributed by atoms with Crippen molar-refractivity contribution in [3.63, 3.8) is 0 Å². The van der Waals surface area contributed by atoms with Crippen molar-refractivity contribution >= 4 is 50.5 Å². The molecule has 0 aliphatic heterocycles. The average molecular weight is 537 g/mol. The summed E-state index contributed by atoms with van der Waals surface area (Å²) in [4.78, 5) is 5.01. The molecule has 0 atom stereocenters. The minimum Gasteiger partial charge on any atom is -0.357 e. The van der Waals surface area contributed by atoms with Crippen molar-refractivity contribution in [2.24, 2.45) is 4.99 Å². The number of benzene rings is 3. The number of halogens is 1. The van der Waals surface area contributed by atoms with E-state index in [1.54, 1.807) is 6.07 Å². The number of guanidine groups is 1. The highest BCUT2D eigenvalue weighted by Gasteiger charge is 2.10. The number of nitrogens with one attached hydrogen (secondary N) is 2. The summed E-state index contributed by atoms with van der Waals surface area (Å²) in [5.41, 5.74) is 2.90. The van der Waals surface area contributed by atoms with Gasteiger partial charge in [-0.3, -0.25) is 0 Å². The molecule has 0 saturated heterocycles. The van der Waals surface area contributed by atoms with Gasteiger partial charge >= 0.3 is 0 Å². The molecule has 0 radical (unpaired) electrons. The highest BCUT2D eigenvalue weighted by molar-refractivity contribution is 14.0. The van der Waals surface area contributed by atoms with Crippen LogP contribution in [0.2, 0.25) is 0 Å². The van der Waals surface area contributed by atoms with Gasteiger partial charge in [0.25, 0.3) is 0 Å². The molecule has 0 heterocycles. The summed E-state index contributed by atoms with van der Waals surface area (Å²) in [5, 5.41) is 9.06. The average Bonchev–Trinajstić information content (AvgIpc) is 2.69. The number of hydrogen-bond acceptors (Lipinski definition) is 3. The van der Waals surface area contributed by atoms with Gasteiger partial charge in [-0.25, -0.2) is 13.4 Å². The summed E-state index contributed by atoms with van der Waals surface area (Å²) >= 11 is 0. The summed E-state index contributed by atoms with van der Waals surface area (Å²) in [7, 11) is -3.21. The van der Waals surface area contributed by atoms with Crippen LogP contribution in [0.1, 0.15) is 23.6 Å². The summed E-state index contributed by atoms with van der Waals surface area (Å²) in [6, 6.07) is 20.1. The molecule has 7 heteroatoms. The molecule has 30 heavy (non-hydrogen) atoms. The standard InChI is InChI=1S/C23H27N3O2S.HI/c1-4-24-23(25-15-18-10-12-22(17(2)13-18)29(3,27)28)26-16-19-9-11-20-7-5-6-8-21(20)14-19;/h5-14H,4,15-16H2,1-3H3,(H2,24,25,26);1H. The van der Waals surface area contributed by atoms with Gasteiger partial charge in [-0.1, -0.05) is 48.5 Å². The summed E-state index contributed by atoms with van der Waals surface area (Å²) in [6.07, 6.45) is 1.23. The van der Waals surface area contributed by atoms with Crippen molar-refractivity contribution in [3.8, 4) is 0 Å². The third kappa shape index (κ3) is 6.43. The molecule has 0 spiro atoms. The predicted molar refractivity (Wildman–Crippen MR) is 135 cm³/mol. The Balaban J connectivity index is 0.00000320. The fraction of sp³-hybridized carbons (Fsp3) is 0.261. The molecule has 0 amide bonds. The molecule has 0 bridgehead atoms.